The van der Waals surface area contributed by atoms with Crippen molar-refractivity contribution >= 4 is 22.6 Å². The van der Waals surface area contributed by atoms with E-state index in [2.05, 4.69) is 23.7 Å². The third-order valence-corrected chi connectivity index (χ3v) is 3.44. The summed E-state index contributed by atoms with van der Waals surface area (Å²) in [5.41, 5.74) is 2.02. The number of fused-ring (bicyclic) bond motifs is 1. The summed E-state index contributed by atoms with van der Waals surface area (Å²) in [7, 11) is 1.97. The molecule has 0 aliphatic carbocycles. The Bertz CT molecular complexity index is 515. The van der Waals surface area contributed by atoms with Crippen molar-refractivity contribution in [1.82, 2.24) is 14.9 Å². The van der Waals surface area contributed by atoms with Crippen LogP contribution in [-0.2, 0) is 6.54 Å². The lowest BCUT2D eigenvalue weighted by Gasteiger charge is -2.15. The fourth-order valence-corrected chi connectivity index (χ4v) is 2.53. The summed E-state index contributed by atoms with van der Waals surface area (Å²) in [6.07, 6.45) is 1.01. The smallest absolute Gasteiger partial charge is 0.127 e. The standard InChI is InChI=1S/C13H18ClN3/c1-4-10(15-3)13-16-11-8-6-7-9(14)12(11)17(13)5-2/h6-8,10,15H,4-5H2,1-3H3. The molecule has 1 unspecified atom stereocenters. The van der Waals surface area contributed by atoms with Gasteiger partial charge >= 0.3 is 0 Å². The third-order valence-electron chi connectivity index (χ3n) is 3.13. The van der Waals surface area contributed by atoms with Crippen molar-refractivity contribution in [2.45, 2.75) is 32.9 Å². The number of rotatable bonds is 4. The molecule has 92 valence electrons. The maximum Gasteiger partial charge on any atom is 0.127 e. The molecule has 0 saturated heterocycles. The van der Waals surface area contributed by atoms with Crippen LogP contribution in [0.2, 0.25) is 5.02 Å². The van der Waals surface area contributed by atoms with Crippen LogP contribution in [0.4, 0.5) is 0 Å². The molecule has 4 heteroatoms. The second-order valence-corrected chi connectivity index (χ2v) is 4.48. The monoisotopic (exact) mass is 251 g/mol. The van der Waals surface area contributed by atoms with Gasteiger partial charge in [0.2, 0.25) is 0 Å². The minimum absolute atomic E-state index is 0.276. The van der Waals surface area contributed by atoms with Crippen LogP contribution >= 0.6 is 11.6 Å². The van der Waals surface area contributed by atoms with Gasteiger partial charge < -0.3 is 9.88 Å². The Balaban J connectivity index is 2.68. The SMILES string of the molecule is CCC(NC)c1nc2cccc(Cl)c2n1CC. The first-order valence-corrected chi connectivity index (χ1v) is 6.42. The highest BCUT2D eigenvalue weighted by Gasteiger charge is 2.17. The highest BCUT2D eigenvalue weighted by molar-refractivity contribution is 6.35. The fraction of sp³-hybridized carbons (Fsp3) is 0.462. The van der Waals surface area contributed by atoms with Crippen molar-refractivity contribution in [3.8, 4) is 0 Å². The molecule has 0 fully saturated rings. The maximum absolute atomic E-state index is 6.26. The summed E-state index contributed by atoms with van der Waals surface area (Å²) < 4.78 is 2.20. The number of aromatic nitrogens is 2. The number of nitrogens with zero attached hydrogens (tertiary/aromatic N) is 2. The van der Waals surface area contributed by atoms with Crippen LogP contribution in [0.5, 0.6) is 0 Å². The minimum Gasteiger partial charge on any atom is -0.326 e. The first-order valence-electron chi connectivity index (χ1n) is 6.04. The van der Waals surface area contributed by atoms with Crippen molar-refractivity contribution in [2.24, 2.45) is 0 Å². The number of hydrogen-bond donors (Lipinski definition) is 1. The summed E-state index contributed by atoms with van der Waals surface area (Å²) in [6, 6.07) is 6.15. The van der Waals surface area contributed by atoms with E-state index in [1.54, 1.807) is 0 Å². The van der Waals surface area contributed by atoms with Crippen LogP contribution in [0, 0.1) is 0 Å². The van der Waals surface area contributed by atoms with E-state index in [0.29, 0.717) is 0 Å². The lowest BCUT2D eigenvalue weighted by molar-refractivity contribution is 0.517. The van der Waals surface area contributed by atoms with Gasteiger partial charge in [0.05, 0.1) is 22.1 Å². The molecule has 0 aliphatic heterocycles. The second kappa shape index (κ2) is 5.07. The molecule has 0 aliphatic rings. The van der Waals surface area contributed by atoms with Crippen molar-refractivity contribution in [2.75, 3.05) is 7.05 Å². The van der Waals surface area contributed by atoms with E-state index < -0.39 is 0 Å². The predicted molar refractivity (Wildman–Crippen MR) is 72.5 cm³/mol. The van der Waals surface area contributed by atoms with Crippen LogP contribution in [-0.4, -0.2) is 16.6 Å². The zero-order valence-electron chi connectivity index (χ0n) is 10.5. The summed E-state index contributed by atoms with van der Waals surface area (Å²) in [6.45, 7) is 5.16. The van der Waals surface area contributed by atoms with Gasteiger partial charge in [-0.2, -0.15) is 0 Å². The Morgan fingerprint density at radius 3 is 2.76 bits per heavy atom. The van der Waals surface area contributed by atoms with Gasteiger partial charge in [-0.3, -0.25) is 0 Å². The van der Waals surface area contributed by atoms with Crippen LogP contribution < -0.4 is 5.32 Å². The van der Waals surface area contributed by atoms with Gasteiger partial charge in [0.25, 0.3) is 0 Å². The van der Waals surface area contributed by atoms with E-state index in [1.165, 1.54) is 0 Å². The zero-order chi connectivity index (χ0) is 12.4. The Morgan fingerprint density at radius 2 is 2.18 bits per heavy atom. The molecule has 1 atom stereocenters. The van der Waals surface area contributed by atoms with Crippen LogP contribution in [0.3, 0.4) is 0 Å². The summed E-state index contributed by atoms with van der Waals surface area (Å²) in [5, 5.41) is 4.07. The van der Waals surface area contributed by atoms with Gasteiger partial charge in [-0.1, -0.05) is 24.6 Å². The fourth-order valence-electron chi connectivity index (χ4n) is 2.26. The Labute approximate surface area is 107 Å². The molecule has 0 spiro atoms. The average molecular weight is 252 g/mol. The molecule has 1 aromatic carbocycles. The van der Waals surface area contributed by atoms with Gasteiger partial charge in [-0.05, 0) is 32.5 Å². The zero-order valence-corrected chi connectivity index (χ0v) is 11.3. The summed E-state index contributed by atoms with van der Waals surface area (Å²) in [4.78, 5) is 4.70. The van der Waals surface area contributed by atoms with Gasteiger partial charge in [-0.25, -0.2) is 4.98 Å². The van der Waals surface area contributed by atoms with E-state index >= 15 is 0 Å². The molecule has 0 bridgehead atoms. The van der Waals surface area contributed by atoms with E-state index in [4.69, 9.17) is 16.6 Å². The van der Waals surface area contributed by atoms with E-state index in [0.717, 1.165) is 34.8 Å². The summed E-state index contributed by atoms with van der Waals surface area (Å²) in [5.74, 6) is 1.07. The Morgan fingerprint density at radius 1 is 1.41 bits per heavy atom. The van der Waals surface area contributed by atoms with E-state index in [-0.39, 0.29) is 6.04 Å². The van der Waals surface area contributed by atoms with Gasteiger partial charge in [0.15, 0.2) is 0 Å². The number of benzene rings is 1. The Hall–Kier alpha value is -1.06. The third kappa shape index (κ3) is 2.05. The van der Waals surface area contributed by atoms with Crippen LogP contribution in [0.25, 0.3) is 11.0 Å². The number of imidazole rings is 1. The van der Waals surface area contributed by atoms with Crippen LogP contribution in [0.1, 0.15) is 32.1 Å². The molecule has 1 N–H and O–H groups in total. The van der Waals surface area contributed by atoms with Crippen molar-refractivity contribution in [3.05, 3.63) is 29.0 Å². The number of halogens is 1. The van der Waals surface area contributed by atoms with Crippen LogP contribution in [0.15, 0.2) is 18.2 Å². The lowest BCUT2D eigenvalue weighted by atomic mass is 10.2. The average Bonchev–Trinajstić information content (AvgIpc) is 2.70. The molecule has 2 aromatic rings. The minimum atomic E-state index is 0.276. The normalized spacial score (nSPS) is 13.2. The molecule has 0 amide bonds. The van der Waals surface area contributed by atoms with Gasteiger partial charge in [0.1, 0.15) is 5.82 Å². The van der Waals surface area contributed by atoms with E-state index in [1.807, 2.05) is 25.2 Å². The lowest BCUT2D eigenvalue weighted by Crippen LogP contribution is -2.20. The van der Waals surface area contributed by atoms with Crippen molar-refractivity contribution in [1.29, 1.82) is 0 Å². The topological polar surface area (TPSA) is 29.9 Å². The maximum atomic E-state index is 6.26. The molecular weight excluding hydrogens is 234 g/mol. The molecule has 1 heterocycles. The highest BCUT2D eigenvalue weighted by Crippen LogP contribution is 2.27. The second-order valence-electron chi connectivity index (χ2n) is 4.07. The molecule has 2 rings (SSSR count). The number of para-hydroxylation sites is 1. The molecule has 17 heavy (non-hydrogen) atoms. The molecule has 3 nitrogen and oxygen atoms in total. The number of nitrogens with one attached hydrogen (secondary N) is 1. The van der Waals surface area contributed by atoms with Crippen molar-refractivity contribution in [3.63, 3.8) is 0 Å². The van der Waals surface area contributed by atoms with Gasteiger partial charge in [0, 0.05) is 6.54 Å². The summed E-state index contributed by atoms with van der Waals surface area (Å²) >= 11 is 6.26. The molecule has 0 saturated carbocycles. The predicted octanol–water partition coefficient (Wildman–Crippen LogP) is 3.38. The van der Waals surface area contributed by atoms with Crippen molar-refractivity contribution < 1.29 is 0 Å². The molecule has 1 aromatic heterocycles. The quantitative estimate of drug-likeness (QED) is 0.903. The highest BCUT2D eigenvalue weighted by atomic mass is 35.5. The van der Waals surface area contributed by atoms with Gasteiger partial charge in [-0.15, -0.1) is 0 Å². The molecule has 0 radical (unpaired) electrons. The number of aryl methyl sites for hydroxylation is 1. The first kappa shape index (κ1) is 12.4. The largest absolute Gasteiger partial charge is 0.326 e. The number of hydrogen-bond acceptors (Lipinski definition) is 2. The Kier molecular flexibility index (Phi) is 3.69. The molecular formula is C13H18ClN3. The first-order chi connectivity index (χ1) is 8.22. The van der Waals surface area contributed by atoms with E-state index in [9.17, 15) is 0 Å².